The van der Waals surface area contributed by atoms with Gasteiger partial charge in [0.15, 0.2) is 5.69 Å². The second-order valence-electron chi connectivity index (χ2n) is 6.84. The van der Waals surface area contributed by atoms with E-state index in [1.165, 1.54) is 0 Å². The second kappa shape index (κ2) is 8.87. The molecule has 2 aromatic heterocycles. The molecule has 0 saturated carbocycles. The highest BCUT2D eigenvalue weighted by Gasteiger charge is 2.14. The van der Waals surface area contributed by atoms with E-state index in [1.54, 1.807) is 17.8 Å². The zero-order chi connectivity index (χ0) is 20.1. The third-order valence-corrected chi connectivity index (χ3v) is 4.63. The Labute approximate surface area is 165 Å². The van der Waals surface area contributed by atoms with Gasteiger partial charge in [-0.05, 0) is 37.3 Å². The molecule has 3 N–H and O–H groups in total. The van der Waals surface area contributed by atoms with Gasteiger partial charge in [0.25, 0.3) is 5.91 Å². The Balaban J connectivity index is 1.64. The maximum absolute atomic E-state index is 12.4. The van der Waals surface area contributed by atoms with Crippen LogP contribution in [-0.2, 0) is 11.8 Å². The zero-order valence-electron chi connectivity index (χ0n) is 16.6. The number of ether oxygens (including phenoxy) is 1. The third-order valence-electron chi connectivity index (χ3n) is 4.63. The van der Waals surface area contributed by atoms with E-state index in [1.807, 2.05) is 19.9 Å². The number of aromatic nitrogens is 3. The van der Waals surface area contributed by atoms with Gasteiger partial charge in [0.05, 0.1) is 18.9 Å². The number of amides is 1. The number of nitrogen functional groups attached to an aromatic ring is 1. The quantitative estimate of drug-likeness (QED) is 0.747. The van der Waals surface area contributed by atoms with Crippen molar-refractivity contribution in [2.75, 3.05) is 45.1 Å². The minimum absolute atomic E-state index is 0.207. The molecule has 8 nitrogen and oxygen atoms in total. The van der Waals surface area contributed by atoms with Gasteiger partial charge in [0, 0.05) is 45.0 Å². The molecule has 1 aliphatic rings. The van der Waals surface area contributed by atoms with Crippen molar-refractivity contribution in [3.63, 3.8) is 0 Å². The van der Waals surface area contributed by atoms with E-state index in [0.29, 0.717) is 29.3 Å². The molecule has 2 aromatic rings. The van der Waals surface area contributed by atoms with Crippen molar-refractivity contribution in [2.45, 2.75) is 13.8 Å². The van der Waals surface area contributed by atoms with E-state index in [0.717, 1.165) is 44.1 Å². The number of nitrogens with two attached hydrogens (primary N) is 1. The summed E-state index contributed by atoms with van der Waals surface area (Å²) >= 11 is 0. The van der Waals surface area contributed by atoms with Crippen molar-refractivity contribution >= 4 is 11.6 Å². The van der Waals surface area contributed by atoms with E-state index in [9.17, 15) is 4.79 Å². The van der Waals surface area contributed by atoms with E-state index < -0.39 is 0 Å². The lowest BCUT2D eigenvalue weighted by molar-refractivity contribution is 0.0383. The van der Waals surface area contributed by atoms with E-state index in [2.05, 4.69) is 32.1 Å². The molecule has 3 heterocycles. The SMILES string of the molecule is Cc1cc(C)c(N)c(C#Cc2cc(C(=O)NCCN3CCOCC3)nn2C)n1. The van der Waals surface area contributed by atoms with Crippen molar-refractivity contribution in [1.82, 2.24) is 25.0 Å². The van der Waals surface area contributed by atoms with Gasteiger partial charge in [0.1, 0.15) is 11.4 Å². The molecule has 28 heavy (non-hydrogen) atoms. The van der Waals surface area contributed by atoms with Crippen LogP contribution < -0.4 is 11.1 Å². The Hall–Kier alpha value is -2.89. The first-order valence-electron chi connectivity index (χ1n) is 9.32. The maximum atomic E-state index is 12.4. The van der Waals surface area contributed by atoms with Gasteiger partial charge in [-0.15, -0.1) is 0 Å². The van der Waals surface area contributed by atoms with Gasteiger partial charge in [-0.3, -0.25) is 14.4 Å². The molecule has 0 aromatic carbocycles. The number of anilines is 1. The molecule has 1 fully saturated rings. The highest BCUT2D eigenvalue weighted by Crippen LogP contribution is 2.15. The normalized spacial score (nSPS) is 14.4. The van der Waals surface area contributed by atoms with Gasteiger partial charge in [-0.2, -0.15) is 5.10 Å². The predicted octanol–water partition coefficient (Wildman–Crippen LogP) is 0.476. The summed E-state index contributed by atoms with van der Waals surface area (Å²) < 4.78 is 6.91. The summed E-state index contributed by atoms with van der Waals surface area (Å²) in [6.07, 6.45) is 0. The number of nitrogens with zero attached hydrogens (tertiary/aromatic N) is 4. The lowest BCUT2D eigenvalue weighted by Gasteiger charge is -2.26. The molecule has 0 radical (unpaired) electrons. The molecule has 8 heteroatoms. The Kier molecular flexibility index (Phi) is 6.29. The Morgan fingerprint density at radius 1 is 1.29 bits per heavy atom. The van der Waals surface area contributed by atoms with Gasteiger partial charge < -0.3 is 15.8 Å². The van der Waals surface area contributed by atoms with Crippen molar-refractivity contribution < 1.29 is 9.53 Å². The van der Waals surface area contributed by atoms with Crippen LogP contribution in [0.3, 0.4) is 0 Å². The summed E-state index contributed by atoms with van der Waals surface area (Å²) in [4.78, 5) is 19.0. The zero-order valence-corrected chi connectivity index (χ0v) is 16.6. The first-order chi connectivity index (χ1) is 13.4. The molecule has 0 atom stereocenters. The molecule has 0 unspecified atom stereocenters. The number of hydrogen-bond acceptors (Lipinski definition) is 6. The van der Waals surface area contributed by atoms with Crippen molar-refractivity contribution in [3.05, 3.63) is 40.5 Å². The molecule has 1 amide bonds. The number of carbonyl (C=O) groups is 1. The molecular formula is C20H26N6O2. The first kappa shape index (κ1) is 19.9. The standard InChI is InChI=1S/C20H26N6O2/c1-14-12-15(2)23-17(19(14)21)5-4-16-13-18(24-25(16)3)20(27)22-6-7-26-8-10-28-11-9-26/h12-13H,6-11,21H2,1-3H3,(H,22,27). The van der Waals surface area contributed by atoms with Crippen molar-refractivity contribution in [3.8, 4) is 11.8 Å². The smallest absolute Gasteiger partial charge is 0.271 e. The molecule has 1 saturated heterocycles. The van der Waals surface area contributed by atoms with Crippen LogP contribution in [0.5, 0.6) is 0 Å². The first-order valence-corrected chi connectivity index (χ1v) is 9.32. The number of nitrogens with one attached hydrogen (secondary N) is 1. The van der Waals surface area contributed by atoms with Crippen molar-refractivity contribution in [1.29, 1.82) is 0 Å². The Morgan fingerprint density at radius 2 is 2.04 bits per heavy atom. The average molecular weight is 382 g/mol. The third kappa shape index (κ3) is 4.88. The number of morpholine rings is 1. The lowest BCUT2D eigenvalue weighted by atomic mass is 10.1. The Morgan fingerprint density at radius 3 is 2.79 bits per heavy atom. The average Bonchev–Trinajstić information content (AvgIpc) is 3.05. The van der Waals surface area contributed by atoms with Gasteiger partial charge in [0.2, 0.25) is 0 Å². The number of aryl methyl sites for hydroxylation is 3. The Bertz CT molecular complexity index is 919. The summed E-state index contributed by atoms with van der Waals surface area (Å²) in [6.45, 7) is 8.49. The van der Waals surface area contributed by atoms with E-state index in [-0.39, 0.29) is 5.91 Å². The fraction of sp³-hybridized carbons (Fsp3) is 0.450. The van der Waals surface area contributed by atoms with Crippen LogP contribution in [0.1, 0.15) is 33.1 Å². The van der Waals surface area contributed by atoms with Gasteiger partial charge in [-0.25, -0.2) is 4.98 Å². The number of hydrogen-bond donors (Lipinski definition) is 2. The summed E-state index contributed by atoms with van der Waals surface area (Å²) in [6, 6.07) is 3.60. The molecule has 1 aliphatic heterocycles. The molecule has 148 valence electrons. The lowest BCUT2D eigenvalue weighted by Crippen LogP contribution is -2.41. The topological polar surface area (TPSA) is 98.3 Å². The van der Waals surface area contributed by atoms with Crippen LogP contribution in [0.4, 0.5) is 5.69 Å². The van der Waals surface area contributed by atoms with Gasteiger partial charge >= 0.3 is 0 Å². The highest BCUT2D eigenvalue weighted by atomic mass is 16.5. The van der Waals surface area contributed by atoms with Crippen LogP contribution in [0.2, 0.25) is 0 Å². The summed E-state index contributed by atoms with van der Waals surface area (Å²) in [5.74, 6) is 5.80. The number of pyridine rings is 1. The fourth-order valence-corrected chi connectivity index (χ4v) is 3.00. The summed E-state index contributed by atoms with van der Waals surface area (Å²) in [5.41, 5.74) is 9.94. The number of carbonyl (C=O) groups excluding carboxylic acids is 1. The molecule has 0 bridgehead atoms. The minimum Gasteiger partial charge on any atom is -0.396 e. The monoisotopic (exact) mass is 382 g/mol. The van der Waals surface area contributed by atoms with Crippen LogP contribution in [-0.4, -0.2) is 65.0 Å². The molecule has 0 aliphatic carbocycles. The number of rotatable bonds is 4. The van der Waals surface area contributed by atoms with Crippen LogP contribution in [0.25, 0.3) is 0 Å². The molecule has 3 rings (SSSR count). The van der Waals surface area contributed by atoms with E-state index in [4.69, 9.17) is 10.5 Å². The summed E-state index contributed by atoms with van der Waals surface area (Å²) in [7, 11) is 1.76. The van der Waals surface area contributed by atoms with E-state index >= 15 is 0 Å². The summed E-state index contributed by atoms with van der Waals surface area (Å²) in [5, 5.41) is 7.17. The molecule has 0 spiro atoms. The highest BCUT2D eigenvalue weighted by molar-refractivity contribution is 5.92. The fourth-order valence-electron chi connectivity index (χ4n) is 3.00. The molecular weight excluding hydrogens is 356 g/mol. The maximum Gasteiger partial charge on any atom is 0.271 e. The largest absolute Gasteiger partial charge is 0.396 e. The van der Waals surface area contributed by atoms with Gasteiger partial charge in [-0.1, -0.05) is 0 Å². The van der Waals surface area contributed by atoms with Crippen LogP contribution in [0.15, 0.2) is 12.1 Å². The predicted molar refractivity (Wildman–Crippen MR) is 107 cm³/mol. The van der Waals surface area contributed by atoms with Crippen LogP contribution in [0, 0.1) is 25.7 Å². The van der Waals surface area contributed by atoms with Crippen molar-refractivity contribution in [2.24, 2.45) is 7.05 Å². The van der Waals surface area contributed by atoms with Crippen LogP contribution >= 0.6 is 0 Å². The minimum atomic E-state index is -0.207. The second-order valence-corrected chi connectivity index (χ2v) is 6.84.